The number of rotatable bonds is 11. The number of aliphatic hydroxyl groups is 1. The summed E-state index contributed by atoms with van der Waals surface area (Å²) in [4.78, 5) is 40.9. The largest absolute Gasteiger partial charge is 0.478 e. The van der Waals surface area contributed by atoms with Crippen molar-refractivity contribution in [3.63, 3.8) is 0 Å². The summed E-state index contributed by atoms with van der Waals surface area (Å²) in [6.07, 6.45) is 8.32. The molecule has 0 spiro atoms. The number of ketones is 1. The Morgan fingerprint density at radius 1 is 1.08 bits per heavy atom. The number of halogens is 2. The van der Waals surface area contributed by atoms with E-state index in [1.165, 1.54) is 52.3 Å². The molecule has 1 unspecified atom stereocenters. The molecule has 0 fully saturated rings. The van der Waals surface area contributed by atoms with Gasteiger partial charge < -0.3 is 15.1 Å². The zero-order valence-corrected chi connectivity index (χ0v) is 26.2. The molecule has 0 saturated heterocycles. The normalized spacial score (nSPS) is 14.3. The van der Waals surface area contributed by atoms with Gasteiger partial charge in [-0.3, -0.25) is 14.3 Å². The summed E-state index contributed by atoms with van der Waals surface area (Å²) < 4.78 is 18.2. The quantitative estimate of drug-likeness (QED) is 0.195. The number of aromatic nitrogens is 6. The smallest absolute Gasteiger partial charge is 0.335 e. The number of hydrogen-bond donors (Lipinski definition) is 2. The molecule has 0 aliphatic carbocycles. The summed E-state index contributed by atoms with van der Waals surface area (Å²) in [7, 11) is 0. The van der Waals surface area contributed by atoms with Crippen LogP contribution in [-0.4, -0.2) is 75.9 Å². The molecule has 1 aliphatic rings. The highest BCUT2D eigenvalue weighted by Gasteiger charge is 2.36. The van der Waals surface area contributed by atoms with E-state index in [9.17, 15) is 24.6 Å². The van der Waals surface area contributed by atoms with Gasteiger partial charge in [-0.05, 0) is 75.9 Å². The zero-order chi connectivity index (χ0) is 33.8. The third-order valence-corrected chi connectivity index (χ3v) is 8.47. The zero-order valence-electron chi connectivity index (χ0n) is 25.4. The molecular weight excluding hydrogens is 641 g/mol. The highest BCUT2D eigenvalue weighted by atomic mass is 35.5. The Morgan fingerprint density at radius 3 is 2.62 bits per heavy atom. The molecule has 1 aliphatic heterocycles. The molecule has 14 heteroatoms. The van der Waals surface area contributed by atoms with Gasteiger partial charge in [0.1, 0.15) is 12.4 Å². The van der Waals surface area contributed by atoms with Crippen LogP contribution in [0.2, 0.25) is 5.02 Å². The fourth-order valence-corrected chi connectivity index (χ4v) is 6.05. The maximum absolute atomic E-state index is 15.2. The summed E-state index contributed by atoms with van der Waals surface area (Å²) in [5, 5.41) is 33.8. The first-order valence-electron chi connectivity index (χ1n) is 15.1. The van der Waals surface area contributed by atoms with E-state index in [1.807, 2.05) is 24.4 Å². The number of tetrazole rings is 1. The minimum Gasteiger partial charge on any atom is -0.478 e. The Balaban J connectivity index is 1.37. The highest BCUT2D eigenvalue weighted by Crippen LogP contribution is 2.37. The van der Waals surface area contributed by atoms with E-state index in [2.05, 4.69) is 20.6 Å². The Hall–Kier alpha value is -5.53. The number of aliphatic hydroxyl groups excluding tert-OH is 1. The number of amides is 1. The average molecular weight is 670 g/mol. The van der Waals surface area contributed by atoms with Gasteiger partial charge in [-0.1, -0.05) is 41.9 Å². The first-order valence-corrected chi connectivity index (χ1v) is 15.4. The summed E-state index contributed by atoms with van der Waals surface area (Å²) in [5.74, 6) is -2.65. The second kappa shape index (κ2) is 14.1. The van der Waals surface area contributed by atoms with Crippen LogP contribution in [0.1, 0.15) is 45.1 Å². The number of fused-ring (bicyclic) bond motifs is 1. The van der Waals surface area contributed by atoms with Gasteiger partial charge in [0.15, 0.2) is 11.6 Å². The number of nitrogens with zero attached hydrogens (tertiary/aromatic N) is 7. The molecule has 0 radical (unpaired) electrons. The highest BCUT2D eigenvalue weighted by molar-refractivity contribution is 6.31. The lowest BCUT2D eigenvalue weighted by molar-refractivity contribution is -0.136. The van der Waals surface area contributed by atoms with Crippen LogP contribution in [0.15, 0.2) is 79.4 Å². The van der Waals surface area contributed by atoms with Crippen LogP contribution in [0.3, 0.4) is 0 Å². The first-order chi connectivity index (χ1) is 23.2. The monoisotopic (exact) mass is 669 g/mol. The Labute approximate surface area is 278 Å². The van der Waals surface area contributed by atoms with Gasteiger partial charge in [0.05, 0.1) is 22.5 Å². The predicted molar refractivity (Wildman–Crippen MR) is 173 cm³/mol. The molecule has 244 valence electrons. The van der Waals surface area contributed by atoms with Crippen LogP contribution >= 0.6 is 11.6 Å². The van der Waals surface area contributed by atoms with E-state index < -0.39 is 23.7 Å². The number of carbonyl (C=O) groups excluding carboxylic acids is 2. The van der Waals surface area contributed by atoms with Crippen LogP contribution < -0.4 is 0 Å². The molecule has 1 amide bonds. The Kier molecular flexibility index (Phi) is 9.50. The molecular formula is C34H29ClFN7O5. The van der Waals surface area contributed by atoms with Gasteiger partial charge in [-0.2, -0.15) is 9.78 Å². The fraction of sp³-hybridized carbons (Fsp3) is 0.206. The number of carboxylic acids is 1. The molecule has 0 bridgehead atoms. The fourth-order valence-electron chi connectivity index (χ4n) is 5.88. The molecule has 6 rings (SSSR count). The maximum Gasteiger partial charge on any atom is 0.335 e. The maximum atomic E-state index is 15.2. The molecule has 2 aromatic heterocycles. The standard InChI is InChI=1S/C34H29ClFN7O5/c35-28-10-11-29(43-20-37-39-40-43)27(32(28)36)9-12-31(46)42-15-13-25-24(23-18-38-41(19-23)14-2-16-44)3-1-4-26(25)33(42)30(45)17-21-5-7-22(8-6-21)34(47)48/h1,3-12,18-20,33,44H,2,13-17H2,(H,47,48)/b12-9+. The number of aryl methyl sites for hydroxylation is 1. The molecule has 3 heterocycles. The van der Waals surface area contributed by atoms with E-state index >= 15 is 4.39 Å². The second-order valence-corrected chi connectivity index (χ2v) is 11.6. The molecule has 0 saturated carbocycles. The van der Waals surface area contributed by atoms with Gasteiger partial charge in [-0.25, -0.2) is 9.18 Å². The van der Waals surface area contributed by atoms with E-state index in [-0.39, 0.29) is 47.2 Å². The minimum absolute atomic E-state index is 0.0116. The van der Waals surface area contributed by atoms with Gasteiger partial charge in [0.25, 0.3) is 0 Å². The second-order valence-electron chi connectivity index (χ2n) is 11.2. The summed E-state index contributed by atoms with van der Waals surface area (Å²) >= 11 is 6.07. The number of benzene rings is 3. The van der Waals surface area contributed by atoms with Gasteiger partial charge in [-0.15, -0.1) is 5.10 Å². The molecule has 5 aromatic rings. The lowest BCUT2D eigenvalue weighted by Gasteiger charge is -2.37. The van der Waals surface area contributed by atoms with Crippen LogP contribution in [0.25, 0.3) is 22.9 Å². The number of Topliss-reactive ketones (excluding diaryl/α,β-unsaturated/α-hetero) is 1. The van der Waals surface area contributed by atoms with Crippen molar-refractivity contribution in [3.8, 4) is 16.8 Å². The Morgan fingerprint density at radius 2 is 1.90 bits per heavy atom. The average Bonchev–Trinajstić information content (AvgIpc) is 3.80. The first kappa shape index (κ1) is 32.4. The van der Waals surface area contributed by atoms with E-state index in [0.29, 0.717) is 30.5 Å². The van der Waals surface area contributed by atoms with Crippen LogP contribution in [-0.2, 0) is 29.0 Å². The number of carbonyl (C=O) groups is 3. The lowest BCUT2D eigenvalue weighted by Crippen LogP contribution is -2.43. The minimum atomic E-state index is -1.08. The summed E-state index contributed by atoms with van der Waals surface area (Å²) in [5.41, 5.74) is 4.20. The van der Waals surface area contributed by atoms with E-state index in [4.69, 9.17) is 11.6 Å². The molecule has 48 heavy (non-hydrogen) atoms. The van der Waals surface area contributed by atoms with E-state index in [0.717, 1.165) is 16.7 Å². The van der Waals surface area contributed by atoms with Crippen LogP contribution in [0, 0.1) is 5.82 Å². The van der Waals surface area contributed by atoms with Crippen molar-refractivity contribution in [1.29, 1.82) is 0 Å². The molecule has 1 atom stereocenters. The lowest BCUT2D eigenvalue weighted by atomic mass is 9.84. The van der Waals surface area contributed by atoms with Crippen LogP contribution in [0.5, 0.6) is 0 Å². The van der Waals surface area contributed by atoms with Crippen molar-refractivity contribution in [2.75, 3.05) is 13.2 Å². The van der Waals surface area contributed by atoms with Gasteiger partial charge in [0.2, 0.25) is 5.91 Å². The SMILES string of the molecule is O=C(O)c1ccc(CC(=O)C2c3cccc(-c4cnn(CCCO)c4)c3CCN2C(=O)/C=C/c2c(-n3cnnn3)ccc(Cl)c2F)cc1. The van der Waals surface area contributed by atoms with Crippen molar-refractivity contribution >= 4 is 35.3 Å². The topological polar surface area (TPSA) is 156 Å². The van der Waals surface area contributed by atoms with Crippen molar-refractivity contribution < 1.29 is 29.0 Å². The van der Waals surface area contributed by atoms with Gasteiger partial charge >= 0.3 is 5.97 Å². The molecule has 2 N–H and O–H groups in total. The third-order valence-electron chi connectivity index (χ3n) is 8.18. The Bertz CT molecular complexity index is 2010. The molecule has 12 nitrogen and oxygen atoms in total. The molecule has 3 aromatic carbocycles. The van der Waals surface area contributed by atoms with Gasteiger partial charge in [0, 0.05) is 49.5 Å². The number of aromatic carboxylic acids is 1. The number of hydrogen-bond acceptors (Lipinski definition) is 8. The van der Waals surface area contributed by atoms with Crippen molar-refractivity contribution in [2.24, 2.45) is 0 Å². The van der Waals surface area contributed by atoms with Crippen molar-refractivity contribution in [3.05, 3.63) is 118 Å². The predicted octanol–water partition coefficient (Wildman–Crippen LogP) is 4.35. The van der Waals surface area contributed by atoms with Crippen LogP contribution in [0.4, 0.5) is 4.39 Å². The summed E-state index contributed by atoms with van der Waals surface area (Å²) in [6.45, 7) is 0.780. The van der Waals surface area contributed by atoms with E-state index in [1.54, 1.807) is 23.0 Å². The van der Waals surface area contributed by atoms with Crippen molar-refractivity contribution in [1.82, 2.24) is 34.9 Å². The van der Waals surface area contributed by atoms with Crippen molar-refractivity contribution in [2.45, 2.75) is 31.8 Å². The number of carboxylic acid groups (broad SMARTS) is 1. The summed E-state index contributed by atoms with van der Waals surface area (Å²) in [6, 6.07) is 13.5. The third kappa shape index (κ3) is 6.64.